The molecule has 0 spiro atoms. The summed E-state index contributed by atoms with van der Waals surface area (Å²) < 4.78 is 3.92. The van der Waals surface area contributed by atoms with Gasteiger partial charge in [-0.05, 0) is 25.0 Å². The summed E-state index contributed by atoms with van der Waals surface area (Å²) in [6.45, 7) is 4.72. The topological polar surface area (TPSA) is 48.8 Å². The van der Waals surface area contributed by atoms with E-state index in [0.29, 0.717) is 6.54 Å². The Balaban J connectivity index is 2.21. The van der Waals surface area contributed by atoms with Crippen molar-refractivity contribution in [2.75, 3.05) is 0 Å². The lowest BCUT2D eigenvalue weighted by Crippen LogP contribution is -2.08. The van der Waals surface area contributed by atoms with E-state index in [-0.39, 0.29) is 6.04 Å². The Bertz CT molecular complexity index is 541. The third kappa shape index (κ3) is 2.44. The van der Waals surface area contributed by atoms with E-state index >= 15 is 0 Å². The van der Waals surface area contributed by atoms with Crippen molar-refractivity contribution in [3.8, 4) is 0 Å². The molecule has 5 heteroatoms. The van der Waals surface area contributed by atoms with Crippen molar-refractivity contribution >= 4 is 11.6 Å². The van der Waals surface area contributed by atoms with E-state index < -0.39 is 0 Å². The van der Waals surface area contributed by atoms with Gasteiger partial charge in [-0.25, -0.2) is 0 Å². The Labute approximate surface area is 112 Å². The second-order valence-corrected chi connectivity index (χ2v) is 4.98. The molecule has 0 radical (unpaired) electrons. The molecule has 2 rings (SSSR count). The van der Waals surface area contributed by atoms with Crippen molar-refractivity contribution in [2.45, 2.75) is 32.9 Å². The van der Waals surface area contributed by atoms with Crippen molar-refractivity contribution in [1.82, 2.24) is 14.3 Å². The van der Waals surface area contributed by atoms with Gasteiger partial charge in [-0.15, -0.1) is 0 Å². The lowest BCUT2D eigenvalue weighted by atomic mass is 10.1. The molecule has 2 N–H and O–H groups in total. The van der Waals surface area contributed by atoms with Crippen LogP contribution in [-0.4, -0.2) is 14.3 Å². The first kappa shape index (κ1) is 13.2. The first-order valence-electron chi connectivity index (χ1n) is 6.12. The smallest absolute Gasteiger partial charge is 0.0865 e. The van der Waals surface area contributed by atoms with Crippen LogP contribution in [0.25, 0.3) is 0 Å². The number of halogens is 1. The van der Waals surface area contributed by atoms with E-state index in [1.807, 2.05) is 24.9 Å². The first-order valence-corrected chi connectivity index (χ1v) is 6.50. The van der Waals surface area contributed by atoms with Crippen LogP contribution in [0.1, 0.15) is 36.3 Å². The SMILES string of the molecule is CCC(N)c1ccn(Cc2c(Cl)c(C)nn2C)c1. The molecule has 0 saturated carbocycles. The number of nitrogens with two attached hydrogens (primary N) is 1. The molecule has 0 aliphatic heterocycles. The highest BCUT2D eigenvalue weighted by molar-refractivity contribution is 6.31. The molecule has 0 saturated heterocycles. The minimum Gasteiger partial charge on any atom is -0.348 e. The monoisotopic (exact) mass is 266 g/mol. The predicted molar refractivity (Wildman–Crippen MR) is 73.7 cm³/mol. The zero-order chi connectivity index (χ0) is 13.3. The van der Waals surface area contributed by atoms with Gasteiger partial charge in [0.05, 0.1) is 23.0 Å². The fourth-order valence-corrected chi connectivity index (χ4v) is 2.26. The van der Waals surface area contributed by atoms with Crippen LogP contribution >= 0.6 is 11.6 Å². The largest absolute Gasteiger partial charge is 0.348 e. The van der Waals surface area contributed by atoms with Crippen LogP contribution in [0.2, 0.25) is 5.02 Å². The van der Waals surface area contributed by atoms with E-state index in [4.69, 9.17) is 17.3 Å². The Hall–Kier alpha value is -1.26. The molecule has 2 aromatic rings. The molecule has 0 aromatic carbocycles. The number of aryl methyl sites for hydroxylation is 2. The number of hydrogen-bond acceptors (Lipinski definition) is 2. The highest BCUT2D eigenvalue weighted by Crippen LogP contribution is 2.21. The van der Waals surface area contributed by atoms with Crippen molar-refractivity contribution in [1.29, 1.82) is 0 Å². The minimum atomic E-state index is 0.106. The summed E-state index contributed by atoms with van der Waals surface area (Å²) in [5.41, 5.74) is 9.05. The molecule has 1 unspecified atom stereocenters. The molecule has 18 heavy (non-hydrogen) atoms. The van der Waals surface area contributed by atoms with Crippen LogP contribution in [-0.2, 0) is 13.6 Å². The number of aromatic nitrogens is 3. The van der Waals surface area contributed by atoms with Crippen LogP contribution in [0, 0.1) is 6.92 Å². The van der Waals surface area contributed by atoms with Gasteiger partial charge in [0.25, 0.3) is 0 Å². The zero-order valence-electron chi connectivity index (χ0n) is 11.0. The van der Waals surface area contributed by atoms with Crippen molar-refractivity contribution in [2.24, 2.45) is 12.8 Å². The van der Waals surface area contributed by atoms with E-state index in [0.717, 1.165) is 28.4 Å². The van der Waals surface area contributed by atoms with E-state index in [9.17, 15) is 0 Å². The van der Waals surface area contributed by atoms with Crippen LogP contribution in [0.3, 0.4) is 0 Å². The molecular weight excluding hydrogens is 248 g/mol. The van der Waals surface area contributed by atoms with Gasteiger partial charge in [0.2, 0.25) is 0 Å². The van der Waals surface area contributed by atoms with Gasteiger partial charge in [0.1, 0.15) is 0 Å². The van der Waals surface area contributed by atoms with Gasteiger partial charge in [0, 0.05) is 25.5 Å². The van der Waals surface area contributed by atoms with Crippen LogP contribution in [0.5, 0.6) is 0 Å². The van der Waals surface area contributed by atoms with Gasteiger partial charge in [-0.3, -0.25) is 4.68 Å². The third-order valence-corrected chi connectivity index (χ3v) is 3.73. The third-order valence-electron chi connectivity index (χ3n) is 3.24. The Morgan fingerprint density at radius 3 is 2.78 bits per heavy atom. The zero-order valence-corrected chi connectivity index (χ0v) is 11.8. The molecule has 2 aromatic heterocycles. The maximum absolute atomic E-state index is 6.24. The summed E-state index contributed by atoms with van der Waals surface area (Å²) in [5.74, 6) is 0. The molecule has 1 atom stereocenters. The second-order valence-electron chi connectivity index (χ2n) is 4.60. The summed E-state index contributed by atoms with van der Waals surface area (Å²) in [6, 6.07) is 2.17. The molecule has 0 amide bonds. The van der Waals surface area contributed by atoms with Gasteiger partial charge >= 0.3 is 0 Å². The summed E-state index contributed by atoms with van der Waals surface area (Å²) in [6.07, 6.45) is 5.05. The second kappa shape index (κ2) is 5.16. The van der Waals surface area contributed by atoms with Crippen LogP contribution < -0.4 is 5.73 Å². The molecule has 98 valence electrons. The lowest BCUT2D eigenvalue weighted by molar-refractivity contribution is 0.658. The van der Waals surface area contributed by atoms with E-state index in [1.54, 1.807) is 0 Å². The molecule has 0 fully saturated rings. The fourth-order valence-electron chi connectivity index (χ4n) is 2.04. The molecule has 0 aliphatic carbocycles. The Morgan fingerprint density at radius 1 is 1.50 bits per heavy atom. The number of hydrogen-bond donors (Lipinski definition) is 1. The van der Waals surface area contributed by atoms with Gasteiger partial charge in [-0.2, -0.15) is 5.10 Å². The van der Waals surface area contributed by atoms with Crippen LogP contribution in [0.4, 0.5) is 0 Å². The fraction of sp³-hybridized carbons (Fsp3) is 0.462. The minimum absolute atomic E-state index is 0.106. The Kier molecular flexibility index (Phi) is 3.78. The van der Waals surface area contributed by atoms with Crippen LogP contribution in [0.15, 0.2) is 18.5 Å². The summed E-state index contributed by atoms with van der Waals surface area (Å²) >= 11 is 6.24. The van der Waals surface area contributed by atoms with Gasteiger partial charge in [-0.1, -0.05) is 18.5 Å². The van der Waals surface area contributed by atoms with E-state index in [1.165, 1.54) is 0 Å². The normalized spacial score (nSPS) is 12.9. The average Bonchev–Trinajstić information content (AvgIpc) is 2.90. The summed E-state index contributed by atoms with van der Waals surface area (Å²) in [5, 5.41) is 5.05. The Morgan fingerprint density at radius 2 is 2.22 bits per heavy atom. The molecular formula is C13H19ClN4. The number of nitrogens with zero attached hydrogens (tertiary/aromatic N) is 3. The summed E-state index contributed by atoms with van der Waals surface area (Å²) in [7, 11) is 1.91. The standard InChI is InChI=1S/C13H19ClN4/c1-4-11(15)10-5-6-18(7-10)8-12-13(14)9(2)16-17(12)3/h5-7,11H,4,8,15H2,1-3H3. The van der Waals surface area contributed by atoms with Crippen molar-refractivity contribution < 1.29 is 0 Å². The summed E-state index contributed by atoms with van der Waals surface area (Å²) in [4.78, 5) is 0. The quantitative estimate of drug-likeness (QED) is 0.925. The van der Waals surface area contributed by atoms with Gasteiger partial charge < -0.3 is 10.3 Å². The number of rotatable bonds is 4. The predicted octanol–water partition coefficient (Wildman–Crippen LogP) is 2.64. The van der Waals surface area contributed by atoms with Crippen molar-refractivity contribution in [3.05, 3.63) is 40.4 Å². The molecule has 0 bridgehead atoms. The highest BCUT2D eigenvalue weighted by Gasteiger charge is 2.12. The molecule has 2 heterocycles. The lowest BCUT2D eigenvalue weighted by Gasteiger charge is -2.06. The van der Waals surface area contributed by atoms with Crippen molar-refractivity contribution in [3.63, 3.8) is 0 Å². The highest BCUT2D eigenvalue weighted by atomic mass is 35.5. The molecule has 0 aliphatic rings. The maximum atomic E-state index is 6.24. The van der Waals surface area contributed by atoms with Gasteiger partial charge in [0.15, 0.2) is 0 Å². The molecule has 4 nitrogen and oxygen atoms in total. The average molecular weight is 267 g/mol. The maximum Gasteiger partial charge on any atom is 0.0865 e. The van der Waals surface area contributed by atoms with E-state index in [2.05, 4.69) is 28.9 Å². The first-order chi connectivity index (χ1) is 8.52.